The van der Waals surface area contributed by atoms with Gasteiger partial charge < -0.3 is 29.6 Å². The van der Waals surface area contributed by atoms with Crippen LogP contribution in [-0.4, -0.2) is 59.3 Å². The number of alkyl carbamates (subject to hydrolysis) is 2. The standard InChI is InChI=1S/C32H40N2O12/c1-31(2,3)43-29(39)33-23(27(37)41-19-21-13-9-7-10-14-21)17-25(35)45-46-26(36)18-24(34-30(40)44-32(4,5)6)28(38)42-20-22-15-11-8-12-16-22/h7-16,23-24H,17-20H2,1-6H3,(H,33,39)(H,34,40)/t23-,24-/m0/s1. The van der Waals surface area contributed by atoms with Crippen LogP contribution in [0.4, 0.5) is 9.59 Å². The van der Waals surface area contributed by atoms with E-state index in [-0.39, 0.29) is 13.2 Å². The van der Waals surface area contributed by atoms with Gasteiger partial charge in [0.2, 0.25) is 0 Å². The number of carbonyl (C=O) groups excluding carboxylic acids is 6. The van der Waals surface area contributed by atoms with Crippen molar-refractivity contribution in [1.29, 1.82) is 0 Å². The fourth-order valence-electron chi connectivity index (χ4n) is 3.44. The van der Waals surface area contributed by atoms with Gasteiger partial charge in [0.25, 0.3) is 0 Å². The SMILES string of the molecule is CC(C)(C)OC(=O)N[C@@H](CC(=O)OOC(=O)C[C@H](NC(=O)OC(C)(C)C)C(=O)OCc1ccccc1)C(=O)OCc1ccccc1. The van der Waals surface area contributed by atoms with Crippen LogP contribution in [0.5, 0.6) is 0 Å². The Morgan fingerprint density at radius 1 is 0.565 bits per heavy atom. The number of benzene rings is 2. The van der Waals surface area contributed by atoms with E-state index in [1.807, 2.05) is 0 Å². The van der Waals surface area contributed by atoms with Crippen LogP contribution in [0.25, 0.3) is 0 Å². The maximum absolute atomic E-state index is 12.8. The zero-order chi connectivity index (χ0) is 34.3. The van der Waals surface area contributed by atoms with Crippen LogP contribution in [0.15, 0.2) is 60.7 Å². The van der Waals surface area contributed by atoms with E-state index in [0.29, 0.717) is 11.1 Å². The Balaban J connectivity index is 2.02. The summed E-state index contributed by atoms with van der Waals surface area (Å²) in [7, 11) is 0. The van der Waals surface area contributed by atoms with E-state index < -0.39 is 72.2 Å². The fraction of sp³-hybridized carbons (Fsp3) is 0.438. The predicted octanol–water partition coefficient (Wildman–Crippen LogP) is 4.04. The topological polar surface area (TPSA) is 182 Å². The number of hydrogen-bond donors (Lipinski definition) is 2. The third-order valence-electron chi connectivity index (χ3n) is 5.37. The van der Waals surface area contributed by atoms with E-state index in [2.05, 4.69) is 20.4 Å². The van der Waals surface area contributed by atoms with Crippen LogP contribution in [0.2, 0.25) is 0 Å². The van der Waals surface area contributed by atoms with E-state index in [4.69, 9.17) is 18.9 Å². The molecule has 0 aliphatic heterocycles. The number of carbonyl (C=O) groups is 6. The summed E-state index contributed by atoms with van der Waals surface area (Å²) in [4.78, 5) is 84.3. The predicted molar refractivity (Wildman–Crippen MR) is 160 cm³/mol. The molecule has 0 radical (unpaired) electrons. The summed E-state index contributed by atoms with van der Waals surface area (Å²) in [6.07, 6.45) is -3.63. The van der Waals surface area contributed by atoms with Crippen LogP contribution in [0.3, 0.4) is 0 Å². The molecular formula is C32H40N2O12. The molecule has 46 heavy (non-hydrogen) atoms. The van der Waals surface area contributed by atoms with E-state index in [0.717, 1.165) is 0 Å². The molecule has 14 heteroatoms. The largest absolute Gasteiger partial charge is 0.459 e. The number of esters is 2. The third-order valence-corrected chi connectivity index (χ3v) is 5.37. The highest BCUT2D eigenvalue weighted by Gasteiger charge is 2.32. The zero-order valence-electron chi connectivity index (χ0n) is 26.7. The molecule has 0 aliphatic rings. The van der Waals surface area contributed by atoms with Gasteiger partial charge in [0.05, 0.1) is 12.8 Å². The van der Waals surface area contributed by atoms with Crippen molar-refractivity contribution in [3.63, 3.8) is 0 Å². The van der Waals surface area contributed by atoms with Gasteiger partial charge in [-0.2, -0.15) is 0 Å². The van der Waals surface area contributed by atoms with E-state index in [1.165, 1.54) is 0 Å². The second kappa shape index (κ2) is 17.4. The third kappa shape index (κ3) is 15.5. The van der Waals surface area contributed by atoms with Crippen LogP contribution >= 0.6 is 0 Å². The van der Waals surface area contributed by atoms with Crippen LogP contribution < -0.4 is 10.6 Å². The summed E-state index contributed by atoms with van der Waals surface area (Å²) in [6.45, 7) is 9.32. The highest BCUT2D eigenvalue weighted by molar-refractivity contribution is 5.88. The lowest BCUT2D eigenvalue weighted by Crippen LogP contribution is -2.46. The first-order chi connectivity index (χ1) is 21.5. The first-order valence-electron chi connectivity index (χ1n) is 14.3. The van der Waals surface area contributed by atoms with Gasteiger partial charge in [-0.05, 0) is 52.7 Å². The molecule has 2 aromatic rings. The van der Waals surface area contributed by atoms with Gasteiger partial charge in [-0.15, -0.1) is 0 Å². The molecule has 0 aromatic heterocycles. The van der Waals surface area contributed by atoms with Gasteiger partial charge in [0, 0.05) is 0 Å². The van der Waals surface area contributed by atoms with Gasteiger partial charge in [-0.25, -0.2) is 38.5 Å². The van der Waals surface area contributed by atoms with Gasteiger partial charge >= 0.3 is 36.1 Å². The van der Waals surface area contributed by atoms with Crippen molar-refractivity contribution in [2.75, 3.05) is 0 Å². The average molecular weight is 645 g/mol. The molecule has 0 heterocycles. The molecule has 2 rings (SSSR count). The molecule has 0 aliphatic carbocycles. The molecule has 0 bridgehead atoms. The second-order valence-electron chi connectivity index (χ2n) is 11.9. The highest BCUT2D eigenvalue weighted by Crippen LogP contribution is 2.12. The molecule has 250 valence electrons. The average Bonchev–Trinajstić information content (AvgIpc) is 2.96. The number of ether oxygens (including phenoxy) is 4. The summed E-state index contributed by atoms with van der Waals surface area (Å²) in [5, 5.41) is 4.49. The molecule has 2 aromatic carbocycles. The maximum atomic E-state index is 12.8. The molecule has 0 saturated carbocycles. The quantitative estimate of drug-likeness (QED) is 0.147. The normalized spacial score (nSPS) is 12.4. The van der Waals surface area contributed by atoms with Gasteiger partial charge in [0.1, 0.15) is 36.5 Å². The molecule has 0 fully saturated rings. The van der Waals surface area contributed by atoms with Crippen LogP contribution in [0, 0.1) is 0 Å². The highest BCUT2D eigenvalue weighted by atomic mass is 17.2. The Morgan fingerprint density at radius 3 is 1.20 bits per heavy atom. The van der Waals surface area contributed by atoms with Crippen molar-refractivity contribution < 1.29 is 57.5 Å². The smallest absolute Gasteiger partial charge is 0.408 e. The number of rotatable bonds is 12. The lowest BCUT2D eigenvalue weighted by molar-refractivity contribution is -0.259. The fourth-order valence-corrected chi connectivity index (χ4v) is 3.44. The Hall–Kier alpha value is -5.14. The summed E-state index contributed by atoms with van der Waals surface area (Å²) >= 11 is 0. The van der Waals surface area contributed by atoms with E-state index >= 15 is 0 Å². The molecule has 14 nitrogen and oxygen atoms in total. The van der Waals surface area contributed by atoms with Gasteiger partial charge in [0.15, 0.2) is 0 Å². The van der Waals surface area contributed by atoms with Crippen molar-refractivity contribution in [3.05, 3.63) is 71.8 Å². The lowest BCUT2D eigenvalue weighted by atomic mass is 10.2. The molecule has 0 unspecified atom stereocenters. The van der Waals surface area contributed by atoms with Crippen LogP contribution in [-0.2, 0) is 61.1 Å². The van der Waals surface area contributed by atoms with Crippen molar-refractivity contribution >= 4 is 36.1 Å². The monoisotopic (exact) mass is 644 g/mol. The van der Waals surface area contributed by atoms with Crippen molar-refractivity contribution in [2.24, 2.45) is 0 Å². The minimum atomic E-state index is -1.57. The second-order valence-corrected chi connectivity index (χ2v) is 11.9. The maximum Gasteiger partial charge on any atom is 0.408 e. The molecule has 0 saturated heterocycles. The van der Waals surface area contributed by atoms with Gasteiger partial charge in [-0.1, -0.05) is 60.7 Å². The Morgan fingerprint density at radius 2 is 0.891 bits per heavy atom. The summed E-state index contributed by atoms with van der Waals surface area (Å²) < 4.78 is 20.8. The first-order valence-corrected chi connectivity index (χ1v) is 14.3. The van der Waals surface area contributed by atoms with Crippen molar-refractivity contribution in [3.8, 4) is 0 Å². The van der Waals surface area contributed by atoms with E-state index in [1.54, 1.807) is 102 Å². The van der Waals surface area contributed by atoms with Gasteiger partial charge in [-0.3, -0.25) is 0 Å². The molecule has 0 spiro atoms. The number of nitrogens with one attached hydrogen (secondary N) is 2. The zero-order valence-corrected chi connectivity index (χ0v) is 26.7. The van der Waals surface area contributed by atoms with E-state index in [9.17, 15) is 28.8 Å². The summed E-state index contributed by atoms with van der Waals surface area (Å²) in [6, 6.07) is 14.2. The van der Waals surface area contributed by atoms with Crippen molar-refractivity contribution in [2.45, 2.75) is 90.9 Å². The number of amides is 2. The van der Waals surface area contributed by atoms with Crippen LogP contribution in [0.1, 0.15) is 65.5 Å². The molecule has 2 amide bonds. The Kier molecular flexibility index (Phi) is 14.0. The summed E-state index contributed by atoms with van der Waals surface area (Å²) in [5.74, 6) is -4.45. The molecule has 2 atom stereocenters. The molecule has 2 N–H and O–H groups in total. The lowest BCUT2D eigenvalue weighted by Gasteiger charge is -2.23. The minimum Gasteiger partial charge on any atom is -0.459 e. The molecular weight excluding hydrogens is 604 g/mol. The Labute approximate surface area is 266 Å². The number of hydrogen-bond acceptors (Lipinski definition) is 12. The minimum absolute atomic E-state index is 0.150. The first kappa shape index (κ1) is 37.0. The summed E-state index contributed by atoms with van der Waals surface area (Å²) in [5.41, 5.74) is -0.518. The Bertz CT molecular complexity index is 1230. The van der Waals surface area contributed by atoms with Crippen molar-refractivity contribution in [1.82, 2.24) is 10.6 Å².